The van der Waals surface area contributed by atoms with Crippen LogP contribution in [0.3, 0.4) is 0 Å². The molecule has 0 bridgehead atoms. The lowest BCUT2D eigenvalue weighted by molar-refractivity contribution is -0.124. The monoisotopic (exact) mass is 417 g/mol. The second-order valence-corrected chi connectivity index (χ2v) is 9.98. The van der Waals surface area contributed by atoms with Gasteiger partial charge in [0.15, 0.2) is 0 Å². The van der Waals surface area contributed by atoms with E-state index in [1.165, 1.54) is 17.4 Å². The number of Topliss-reactive ketones (excluding diaryl/α,β-unsaturated/α-hetero) is 1. The number of carbonyl (C=O) groups excluding carboxylic acids is 1. The fourth-order valence-electron chi connectivity index (χ4n) is 4.91. The van der Waals surface area contributed by atoms with E-state index >= 15 is 0 Å². The molecule has 3 aromatic rings. The third kappa shape index (κ3) is 4.31. The number of carbonyl (C=O) groups is 1. The van der Waals surface area contributed by atoms with Crippen LogP contribution in [0.15, 0.2) is 36.5 Å². The highest BCUT2D eigenvalue weighted by Crippen LogP contribution is 2.38. The molecule has 4 nitrogen and oxygen atoms in total. The molecule has 0 amide bonds. The smallest absolute Gasteiger partial charge is 0.143 e. The summed E-state index contributed by atoms with van der Waals surface area (Å²) in [6.45, 7) is 12.7. The van der Waals surface area contributed by atoms with Gasteiger partial charge in [-0.25, -0.2) is 0 Å². The highest BCUT2D eigenvalue weighted by Gasteiger charge is 2.32. The molecule has 4 rings (SSSR count). The van der Waals surface area contributed by atoms with Gasteiger partial charge in [-0.2, -0.15) is 0 Å². The van der Waals surface area contributed by atoms with Crippen molar-refractivity contribution in [2.75, 3.05) is 13.1 Å². The molecule has 0 saturated carbocycles. The molecule has 31 heavy (non-hydrogen) atoms. The highest BCUT2D eigenvalue weighted by atomic mass is 16.1. The zero-order valence-corrected chi connectivity index (χ0v) is 19.5. The molecule has 0 unspecified atom stereocenters. The van der Waals surface area contributed by atoms with E-state index in [4.69, 9.17) is 0 Å². The molecule has 0 aliphatic carbocycles. The van der Waals surface area contributed by atoms with Gasteiger partial charge in [0.2, 0.25) is 0 Å². The average molecular weight is 418 g/mol. The van der Waals surface area contributed by atoms with Crippen molar-refractivity contribution in [2.24, 2.45) is 5.92 Å². The molecule has 0 spiro atoms. The van der Waals surface area contributed by atoms with Crippen molar-refractivity contribution in [3.63, 3.8) is 0 Å². The molecule has 3 heterocycles. The van der Waals surface area contributed by atoms with E-state index in [-0.39, 0.29) is 0 Å². The Morgan fingerprint density at radius 2 is 2.03 bits per heavy atom. The van der Waals surface area contributed by atoms with Gasteiger partial charge in [0.05, 0.1) is 5.69 Å². The fourth-order valence-corrected chi connectivity index (χ4v) is 4.91. The maximum atomic E-state index is 13.3. The number of hydrogen-bond donors (Lipinski definition) is 2. The number of benzene rings is 1. The topological polar surface area (TPSA) is 57.8 Å². The van der Waals surface area contributed by atoms with Crippen LogP contribution < -0.4 is 5.32 Å². The lowest BCUT2D eigenvalue weighted by Crippen LogP contribution is -2.36. The van der Waals surface area contributed by atoms with E-state index < -0.39 is 5.41 Å². The Hall–Kier alpha value is -2.46. The Morgan fingerprint density at radius 1 is 1.23 bits per heavy atom. The Morgan fingerprint density at radius 3 is 2.71 bits per heavy atom. The van der Waals surface area contributed by atoms with Crippen molar-refractivity contribution in [3.05, 3.63) is 53.3 Å². The minimum absolute atomic E-state index is 0.340. The molecule has 2 aromatic heterocycles. The quantitative estimate of drug-likeness (QED) is 0.525. The summed E-state index contributed by atoms with van der Waals surface area (Å²) >= 11 is 0. The number of rotatable bonds is 6. The summed E-state index contributed by atoms with van der Waals surface area (Å²) in [5, 5.41) is 4.66. The molecule has 1 aromatic carbocycles. The lowest BCUT2D eigenvalue weighted by Gasteiger charge is -2.28. The van der Waals surface area contributed by atoms with Crippen molar-refractivity contribution < 1.29 is 4.79 Å². The van der Waals surface area contributed by atoms with E-state index in [2.05, 4.69) is 73.3 Å². The van der Waals surface area contributed by atoms with Crippen molar-refractivity contribution in [1.29, 1.82) is 0 Å². The van der Waals surface area contributed by atoms with Crippen molar-refractivity contribution >= 4 is 16.7 Å². The molecular weight excluding hydrogens is 382 g/mol. The highest BCUT2D eigenvalue weighted by molar-refractivity contribution is 5.95. The first-order valence-electron chi connectivity index (χ1n) is 11.6. The van der Waals surface area contributed by atoms with Gasteiger partial charge in [-0.05, 0) is 93.9 Å². The second kappa shape index (κ2) is 8.58. The molecule has 1 atom stereocenters. The molecule has 1 aliphatic rings. The average Bonchev–Trinajstić information content (AvgIpc) is 3.13. The van der Waals surface area contributed by atoms with E-state index in [9.17, 15) is 4.79 Å². The number of piperidine rings is 1. The third-order valence-corrected chi connectivity index (χ3v) is 6.89. The Bertz CT molecular complexity index is 1090. The number of hydrogen-bond acceptors (Lipinski definition) is 3. The molecule has 2 N–H and O–H groups in total. The van der Waals surface area contributed by atoms with E-state index in [1.54, 1.807) is 0 Å². The van der Waals surface area contributed by atoms with Gasteiger partial charge in [-0.1, -0.05) is 19.9 Å². The van der Waals surface area contributed by atoms with Crippen molar-refractivity contribution in [2.45, 2.75) is 65.2 Å². The molecule has 1 aliphatic heterocycles. The van der Waals surface area contributed by atoms with Crippen LogP contribution in [-0.2, 0) is 10.2 Å². The number of aryl methyl sites for hydroxylation is 1. The third-order valence-electron chi connectivity index (χ3n) is 6.89. The number of H-pyrrole nitrogens is 1. The molecule has 4 heteroatoms. The summed E-state index contributed by atoms with van der Waals surface area (Å²) in [5.41, 5.74) is 6.37. The molecule has 1 fully saturated rings. The summed E-state index contributed by atoms with van der Waals surface area (Å²) in [5.74, 6) is 1.16. The number of pyridine rings is 1. The predicted molar refractivity (Wildman–Crippen MR) is 129 cm³/mol. The Kier molecular flexibility index (Phi) is 6.02. The second-order valence-electron chi connectivity index (χ2n) is 9.98. The first-order chi connectivity index (χ1) is 14.8. The van der Waals surface area contributed by atoms with Crippen LogP contribution in [0, 0.1) is 12.8 Å². The number of aromatic nitrogens is 2. The van der Waals surface area contributed by atoms with Crippen LogP contribution in [-0.4, -0.2) is 28.8 Å². The van der Waals surface area contributed by atoms with Gasteiger partial charge in [-0.3, -0.25) is 9.78 Å². The number of nitrogens with zero attached hydrogens (tertiary/aromatic N) is 1. The van der Waals surface area contributed by atoms with Crippen LogP contribution >= 0.6 is 0 Å². The zero-order chi connectivity index (χ0) is 22.2. The van der Waals surface area contributed by atoms with Crippen molar-refractivity contribution in [1.82, 2.24) is 15.3 Å². The van der Waals surface area contributed by atoms with Crippen LogP contribution in [0.2, 0.25) is 0 Å². The first-order valence-corrected chi connectivity index (χ1v) is 11.6. The molecule has 164 valence electrons. The summed E-state index contributed by atoms with van der Waals surface area (Å²) < 4.78 is 0. The fraction of sp³-hybridized carbons (Fsp3) is 0.481. The lowest BCUT2D eigenvalue weighted by atomic mass is 9.76. The van der Waals surface area contributed by atoms with Gasteiger partial charge >= 0.3 is 0 Å². The van der Waals surface area contributed by atoms with Crippen LogP contribution in [0.5, 0.6) is 0 Å². The maximum absolute atomic E-state index is 13.3. The Balaban J connectivity index is 1.72. The molecule has 0 radical (unpaired) electrons. The van der Waals surface area contributed by atoms with Gasteiger partial charge in [-0.15, -0.1) is 0 Å². The normalized spacial score (nSPS) is 17.4. The molecule has 1 saturated heterocycles. The van der Waals surface area contributed by atoms with Crippen LogP contribution in [0.25, 0.3) is 22.2 Å². The standard InChI is InChI=1S/C27H35N3O/c1-17(2)25-22-15-21(27(4,5)24(31)14-19-7-6-11-28-16-19)8-9-23(22)30-26(25)20-10-12-29-18(3)13-20/h8-10,12-13,15,17,19,28,30H,6-7,11,14,16H2,1-5H3/t19-/m0/s1. The van der Waals surface area contributed by atoms with E-state index in [0.717, 1.165) is 47.5 Å². The maximum Gasteiger partial charge on any atom is 0.143 e. The first kappa shape index (κ1) is 21.8. The minimum atomic E-state index is -0.495. The van der Waals surface area contributed by atoms with E-state index in [0.29, 0.717) is 24.0 Å². The van der Waals surface area contributed by atoms with Gasteiger partial charge < -0.3 is 10.3 Å². The van der Waals surface area contributed by atoms with Gasteiger partial charge in [0, 0.05) is 40.2 Å². The predicted octanol–water partition coefficient (Wildman–Crippen LogP) is 5.90. The summed E-state index contributed by atoms with van der Waals surface area (Å²) in [7, 11) is 0. The van der Waals surface area contributed by atoms with E-state index in [1.807, 2.05) is 13.1 Å². The van der Waals surface area contributed by atoms with Gasteiger partial charge in [0.25, 0.3) is 0 Å². The Labute approximate surface area is 185 Å². The number of ketones is 1. The number of aromatic amines is 1. The zero-order valence-electron chi connectivity index (χ0n) is 19.5. The van der Waals surface area contributed by atoms with Crippen LogP contribution in [0.4, 0.5) is 0 Å². The largest absolute Gasteiger partial charge is 0.354 e. The number of nitrogens with one attached hydrogen (secondary N) is 2. The minimum Gasteiger partial charge on any atom is -0.354 e. The summed E-state index contributed by atoms with van der Waals surface area (Å²) in [6, 6.07) is 10.7. The summed E-state index contributed by atoms with van der Waals surface area (Å²) in [4.78, 5) is 21.3. The van der Waals surface area contributed by atoms with Crippen LogP contribution in [0.1, 0.15) is 69.7 Å². The summed E-state index contributed by atoms with van der Waals surface area (Å²) in [6.07, 6.45) is 4.85. The molecular formula is C27H35N3O. The number of fused-ring (bicyclic) bond motifs is 1. The SMILES string of the molecule is Cc1cc(-c2[nH]c3ccc(C(C)(C)C(=O)C[C@@H]4CCCNC4)cc3c2C(C)C)ccn1. The van der Waals surface area contributed by atoms with Crippen molar-refractivity contribution in [3.8, 4) is 11.3 Å². The van der Waals surface area contributed by atoms with Gasteiger partial charge in [0.1, 0.15) is 5.78 Å².